The van der Waals surface area contributed by atoms with E-state index in [1.165, 1.54) is 36.9 Å². The maximum atomic E-state index is 6.08. The van der Waals surface area contributed by atoms with Gasteiger partial charge in [0.1, 0.15) is 0 Å². The van der Waals surface area contributed by atoms with E-state index < -0.39 is 0 Å². The second kappa shape index (κ2) is 7.42. The van der Waals surface area contributed by atoms with Crippen LogP contribution in [-0.2, 0) is 6.54 Å². The van der Waals surface area contributed by atoms with E-state index in [0.29, 0.717) is 6.04 Å². The van der Waals surface area contributed by atoms with Gasteiger partial charge in [0.25, 0.3) is 0 Å². The Bertz CT molecular complexity index is 360. The number of aryl methyl sites for hydroxylation is 1. The molecule has 0 aliphatic rings. The predicted molar refractivity (Wildman–Crippen MR) is 80.7 cm³/mol. The van der Waals surface area contributed by atoms with Crippen LogP contribution in [-0.4, -0.2) is 17.5 Å². The van der Waals surface area contributed by atoms with E-state index in [1.54, 1.807) is 0 Å². The van der Waals surface area contributed by atoms with Crippen molar-refractivity contribution in [1.82, 2.24) is 4.90 Å². The summed E-state index contributed by atoms with van der Waals surface area (Å²) >= 11 is 0. The van der Waals surface area contributed by atoms with Crippen molar-refractivity contribution in [2.45, 2.75) is 59.5 Å². The average Bonchev–Trinajstić information content (AvgIpc) is 2.37. The van der Waals surface area contributed by atoms with E-state index in [0.717, 1.165) is 12.2 Å². The highest BCUT2D eigenvalue weighted by atomic mass is 15.1. The Morgan fingerprint density at radius 3 is 2.61 bits per heavy atom. The molecule has 0 aliphatic heterocycles. The summed E-state index contributed by atoms with van der Waals surface area (Å²) in [7, 11) is 0. The lowest BCUT2D eigenvalue weighted by atomic mass is 10.1. The Labute approximate surface area is 112 Å². The number of benzene rings is 1. The highest BCUT2D eigenvalue weighted by Crippen LogP contribution is 2.18. The third-order valence-corrected chi connectivity index (χ3v) is 3.68. The van der Waals surface area contributed by atoms with Gasteiger partial charge in [-0.15, -0.1) is 0 Å². The standard InChI is InChI=1S/C16H28N2/c1-5-7-10-18(14(4)6-2)12-15-11-13(3)8-9-16(15)17/h8-9,11,14H,5-7,10,12,17H2,1-4H3. The normalized spacial score (nSPS) is 12.9. The molecule has 0 bridgehead atoms. The maximum Gasteiger partial charge on any atom is 0.0359 e. The second-order valence-electron chi connectivity index (χ2n) is 5.28. The number of nitrogens with two attached hydrogens (primary N) is 1. The van der Waals surface area contributed by atoms with E-state index in [-0.39, 0.29) is 0 Å². The van der Waals surface area contributed by atoms with Crippen LogP contribution in [0.2, 0.25) is 0 Å². The lowest BCUT2D eigenvalue weighted by Crippen LogP contribution is -2.33. The Kier molecular flexibility index (Phi) is 6.20. The lowest BCUT2D eigenvalue weighted by molar-refractivity contribution is 0.192. The molecule has 2 nitrogen and oxygen atoms in total. The van der Waals surface area contributed by atoms with Crippen LogP contribution in [0.25, 0.3) is 0 Å². The Hall–Kier alpha value is -1.02. The third-order valence-electron chi connectivity index (χ3n) is 3.68. The molecule has 0 amide bonds. The van der Waals surface area contributed by atoms with Gasteiger partial charge in [-0.1, -0.05) is 38.0 Å². The molecule has 1 unspecified atom stereocenters. The van der Waals surface area contributed by atoms with Crippen LogP contribution < -0.4 is 5.73 Å². The van der Waals surface area contributed by atoms with E-state index in [4.69, 9.17) is 5.73 Å². The zero-order chi connectivity index (χ0) is 13.5. The SMILES string of the molecule is CCCCN(Cc1cc(C)ccc1N)C(C)CC. The van der Waals surface area contributed by atoms with Crippen molar-refractivity contribution in [2.75, 3.05) is 12.3 Å². The molecule has 2 heteroatoms. The average molecular weight is 248 g/mol. The Morgan fingerprint density at radius 2 is 2.00 bits per heavy atom. The van der Waals surface area contributed by atoms with E-state index >= 15 is 0 Å². The minimum absolute atomic E-state index is 0.622. The molecule has 0 spiro atoms. The van der Waals surface area contributed by atoms with Crippen LogP contribution in [0.3, 0.4) is 0 Å². The molecule has 18 heavy (non-hydrogen) atoms. The summed E-state index contributed by atoms with van der Waals surface area (Å²) in [6.07, 6.45) is 3.70. The van der Waals surface area contributed by atoms with Crippen molar-refractivity contribution >= 4 is 5.69 Å². The minimum Gasteiger partial charge on any atom is -0.398 e. The molecule has 0 radical (unpaired) electrons. The number of hydrogen-bond acceptors (Lipinski definition) is 2. The molecule has 1 aromatic rings. The van der Waals surface area contributed by atoms with Crippen LogP contribution in [0.1, 0.15) is 51.2 Å². The smallest absolute Gasteiger partial charge is 0.0359 e. The van der Waals surface area contributed by atoms with Crippen molar-refractivity contribution in [3.8, 4) is 0 Å². The fourth-order valence-corrected chi connectivity index (χ4v) is 2.16. The first-order valence-corrected chi connectivity index (χ1v) is 7.17. The van der Waals surface area contributed by atoms with Gasteiger partial charge in [0.2, 0.25) is 0 Å². The van der Waals surface area contributed by atoms with Crippen molar-refractivity contribution < 1.29 is 0 Å². The van der Waals surface area contributed by atoms with Crippen LogP contribution in [0.15, 0.2) is 18.2 Å². The summed E-state index contributed by atoms with van der Waals surface area (Å²) in [6, 6.07) is 6.95. The monoisotopic (exact) mass is 248 g/mol. The zero-order valence-electron chi connectivity index (χ0n) is 12.4. The number of rotatable bonds is 7. The zero-order valence-corrected chi connectivity index (χ0v) is 12.4. The molecule has 0 aliphatic carbocycles. The van der Waals surface area contributed by atoms with Gasteiger partial charge in [0, 0.05) is 18.3 Å². The highest BCUT2D eigenvalue weighted by Gasteiger charge is 2.13. The van der Waals surface area contributed by atoms with Gasteiger partial charge < -0.3 is 5.73 Å². The van der Waals surface area contributed by atoms with Crippen LogP contribution >= 0.6 is 0 Å². The molecule has 0 fully saturated rings. The molecule has 0 aromatic heterocycles. The van der Waals surface area contributed by atoms with Crippen LogP contribution in [0, 0.1) is 6.92 Å². The summed E-state index contributed by atoms with van der Waals surface area (Å²) < 4.78 is 0. The van der Waals surface area contributed by atoms with Gasteiger partial charge >= 0.3 is 0 Å². The maximum absolute atomic E-state index is 6.08. The number of anilines is 1. The first-order valence-electron chi connectivity index (χ1n) is 7.17. The number of unbranched alkanes of at least 4 members (excludes halogenated alkanes) is 1. The summed E-state index contributed by atoms with van der Waals surface area (Å²) in [5.41, 5.74) is 9.56. The van der Waals surface area contributed by atoms with Gasteiger partial charge in [-0.3, -0.25) is 4.90 Å². The highest BCUT2D eigenvalue weighted by molar-refractivity contribution is 5.48. The van der Waals surface area contributed by atoms with Crippen molar-refractivity contribution in [1.29, 1.82) is 0 Å². The molecule has 0 saturated heterocycles. The summed E-state index contributed by atoms with van der Waals surface area (Å²) in [5.74, 6) is 0. The van der Waals surface area contributed by atoms with E-state index in [2.05, 4.69) is 44.7 Å². The number of hydrogen-bond donors (Lipinski definition) is 1. The quantitative estimate of drug-likeness (QED) is 0.740. The Balaban J connectivity index is 2.77. The van der Waals surface area contributed by atoms with E-state index in [9.17, 15) is 0 Å². The lowest BCUT2D eigenvalue weighted by Gasteiger charge is -2.29. The van der Waals surface area contributed by atoms with Gasteiger partial charge in [-0.2, -0.15) is 0 Å². The topological polar surface area (TPSA) is 29.3 Å². The van der Waals surface area contributed by atoms with Crippen molar-refractivity contribution in [3.63, 3.8) is 0 Å². The summed E-state index contributed by atoms with van der Waals surface area (Å²) in [4.78, 5) is 2.55. The fraction of sp³-hybridized carbons (Fsp3) is 0.625. The number of nitrogen functional groups attached to an aromatic ring is 1. The van der Waals surface area contributed by atoms with Gasteiger partial charge in [-0.05, 0) is 44.9 Å². The van der Waals surface area contributed by atoms with Gasteiger partial charge in [-0.25, -0.2) is 0 Å². The first-order chi connectivity index (χ1) is 8.58. The molecule has 0 heterocycles. The van der Waals surface area contributed by atoms with Crippen LogP contribution in [0.4, 0.5) is 5.69 Å². The van der Waals surface area contributed by atoms with E-state index in [1.807, 2.05) is 6.07 Å². The van der Waals surface area contributed by atoms with Crippen molar-refractivity contribution in [3.05, 3.63) is 29.3 Å². The Morgan fingerprint density at radius 1 is 1.28 bits per heavy atom. The molecule has 102 valence electrons. The molecule has 0 saturated carbocycles. The largest absolute Gasteiger partial charge is 0.398 e. The third kappa shape index (κ3) is 4.34. The molecule has 2 N–H and O–H groups in total. The molecule has 1 atom stereocenters. The predicted octanol–water partition coefficient (Wildman–Crippen LogP) is 3.98. The minimum atomic E-state index is 0.622. The first kappa shape index (κ1) is 15.0. The second-order valence-corrected chi connectivity index (χ2v) is 5.28. The molecule has 1 rings (SSSR count). The molecular weight excluding hydrogens is 220 g/mol. The van der Waals surface area contributed by atoms with Crippen LogP contribution in [0.5, 0.6) is 0 Å². The fourth-order valence-electron chi connectivity index (χ4n) is 2.16. The van der Waals surface area contributed by atoms with Gasteiger partial charge in [0.15, 0.2) is 0 Å². The molecule has 1 aromatic carbocycles. The van der Waals surface area contributed by atoms with Gasteiger partial charge in [0.05, 0.1) is 0 Å². The van der Waals surface area contributed by atoms with Crippen molar-refractivity contribution in [2.24, 2.45) is 0 Å². The number of nitrogens with zero attached hydrogens (tertiary/aromatic N) is 1. The summed E-state index contributed by atoms with van der Waals surface area (Å²) in [6.45, 7) is 11.1. The molecular formula is C16H28N2. The summed E-state index contributed by atoms with van der Waals surface area (Å²) in [5, 5.41) is 0.